The predicted octanol–water partition coefficient (Wildman–Crippen LogP) is 6.58. The minimum absolute atomic E-state index is 0.480. The number of hydrogen-bond donors (Lipinski definition) is 0. The molecule has 0 atom stereocenters. The van der Waals surface area contributed by atoms with Crippen LogP contribution in [0.4, 0.5) is 0 Å². The van der Waals surface area contributed by atoms with Crippen LogP contribution >= 0.6 is 0 Å². The summed E-state index contributed by atoms with van der Waals surface area (Å²) in [7, 11) is 0. The molecule has 0 fully saturated rings. The van der Waals surface area contributed by atoms with Crippen molar-refractivity contribution in [1.29, 1.82) is 5.26 Å². The minimum atomic E-state index is 0.480. The maximum atomic E-state index is 9.70. The normalized spacial score (nSPS) is 14.1. The Morgan fingerprint density at radius 2 is 1.94 bits per heavy atom. The number of rotatable bonds is 4. The number of nitriles is 1. The lowest BCUT2D eigenvalue weighted by atomic mass is 9.90. The average Bonchev–Trinajstić information content (AvgIpc) is 3.08. The molecule has 0 spiro atoms. The van der Waals surface area contributed by atoms with E-state index in [-0.39, 0.29) is 0 Å². The lowest BCUT2D eigenvalue weighted by Gasteiger charge is -2.14. The summed E-state index contributed by atoms with van der Waals surface area (Å²) in [5.41, 5.74) is 9.49. The van der Waals surface area contributed by atoms with Crippen molar-refractivity contribution >= 4 is 16.6 Å². The van der Waals surface area contributed by atoms with E-state index in [0.717, 1.165) is 58.7 Å². The molecule has 0 amide bonds. The molecule has 164 valence electrons. The first kappa shape index (κ1) is 21.0. The van der Waals surface area contributed by atoms with E-state index in [0.29, 0.717) is 12.2 Å². The van der Waals surface area contributed by atoms with Gasteiger partial charge in [0, 0.05) is 29.7 Å². The van der Waals surface area contributed by atoms with Gasteiger partial charge in [-0.15, -0.1) is 0 Å². The van der Waals surface area contributed by atoms with Crippen LogP contribution in [0.25, 0.3) is 16.6 Å². The maximum Gasteiger partial charge on any atom is 0.127 e. The largest absolute Gasteiger partial charge is 0.488 e. The third-order valence-corrected chi connectivity index (χ3v) is 6.40. The molecule has 1 aliphatic heterocycles. The van der Waals surface area contributed by atoms with Crippen LogP contribution in [0, 0.1) is 18.3 Å². The quantitative estimate of drug-likeness (QED) is 0.341. The van der Waals surface area contributed by atoms with Crippen molar-refractivity contribution in [3.63, 3.8) is 0 Å². The fraction of sp³-hybridized carbons (Fsp3) is 0.241. The zero-order chi connectivity index (χ0) is 22.9. The Kier molecular flexibility index (Phi) is 5.48. The molecular formula is C29H27N3O. The highest BCUT2D eigenvalue weighted by atomic mass is 16.5. The summed E-state index contributed by atoms with van der Waals surface area (Å²) in [4.78, 5) is 4.97. The van der Waals surface area contributed by atoms with E-state index in [2.05, 4.69) is 60.9 Å². The van der Waals surface area contributed by atoms with E-state index in [4.69, 9.17) is 9.72 Å². The number of benzene rings is 3. The van der Waals surface area contributed by atoms with Crippen LogP contribution in [0.3, 0.4) is 0 Å². The number of fused-ring (bicyclic) bond motifs is 3. The van der Waals surface area contributed by atoms with Crippen LogP contribution in [0.2, 0.25) is 0 Å². The number of imidazole rings is 1. The summed E-state index contributed by atoms with van der Waals surface area (Å²) in [5, 5.41) is 9.70. The first-order chi connectivity index (χ1) is 16.1. The van der Waals surface area contributed by atoms with Gasteiger partial charge < -0.3 is 9.30 Å². The highest BCUT2D eigenvalue weighted by molar-refractivity contribution is 5.88. The van der Waals surface area contributed by atoms with Gasteiger partial charge in [0.25, 0.3) is 0 Å². The Morgan fingerprint density at radius 1 is 1.09 bits per heavy atom. The smallest absolute Gasteiger partial charge is 0.127 e. The van der Waals surface area contributed by atoms with Gasteiger partial charge in [-0.1, -0.05) is 49.4 Å². The Morgan fingerprint density at radius 3 is 2.76 bits per heavy atom. The summed E-state index contributed by atoms with van der Waals surface area (Å²) < 4.78 is 8.52. The second kappa shape index (κ2) is 8.60. The van der Waals surface area contributed by atoms with Crippen LogP contribution in [-0.4, -0.2) is 9.55 Å². The van der Waals surface area contributed by atoms with Crippen molar-refractivity contribution in [3.8, 4) is 11.8 Å². The zero-order valence-electron chi connectivity index (χ0n) is 19.4. The van der Waals surface area contributed by atoms with E-state index < -0.39 is 0 Å². The fourth-order valence-corrected chi connectivity index (χ4v) is 4.78. The molecule has 4 nitrogen and oxygen atoms in total. The molecule has 1 aromatic heterocycles. The maximum absolute atomic E-state index is 9.70. The van der Waals surface area contributed by atoms with E-state index in [1.165, 1.54) is 16.6 Å². The predicted molar refractivity (Wildman–Crippen MR) is 132 cm³/mol. The summed E-state index contributed by atoms with van der Waals surface area (Å²) in [6.07, 6.45) is 2.01. The molecule has 0 N–H and O–H groups in total. The van der Waals surface area contributed by atoms with Gasteiger partial charge in [-0.05, 0) is 60.7 Å². The topological polar surface area (TPSA) is 50.8 Å². The molecule has 3 aromatic carbocycles. The third-order valence-electron chi connectivity index (χ3n) is 6.40. The second-order valence-corrected chi connectivity index (χ2v) is 8.69. The van der Waals surface area contributed by atoms with Crippen molar-refractivity contribution in [1.82, 2.24) is 9.55 Å². The van der Waals surface area contributed by atoms with E-state index in [1.54, 1.807) is 0 Å². The SMILES string of the molecule is CCCc1nc2c(C)cccc2n1Cc1ccc2c(c1)COc1ccccc1/C2=C(/C)C#N. The molecule has 1 aliphatic rings. The first-order valence-corrected chi connectivity index (χ1v) is 11.5. The number of para-hydroxylation sites is 2. The second-order valence-electron chi connectivity index (χ2n) is 8.69. The number of aromatic nitrogens is 2. The Hall–Kier alpha value is -3.84. The van der Waals surface area contributed by atoms with E-state index in [9.17, 15) is 5.26 Å². The van der Waals surface area contributed by atoms with Gasteiger partial charge in [0.2, 0.25) is 0 Å². The number of nitrogens with zero attached hydrogens (tertiary/aromatic N) is 3. The monoisotopic (exact) mass is 433 g/mol. The van der Waals surface area contributed by atoms with Crippen LogP contribution in [-0.2, 0) is 19.6 Å². The Bertz CT molecular complexity index is 1440. The molecule has 0 radical (unpaired) electrons. The van der Waals surface area contributed by atoms with Crippen LogP contribution in [0.15, 0.2) is 66.2 Å². The van der Waals surface area contributed by atoms with Crippen LogP contribution < -0.4 is 4.74 Å². The Balaban J connectivity index is 1.60. The molecule has 0 unspecified atom stereocenters. The van der Waals surface area contributed by atoms with Crippen molar-refractivity contribution in [2.24, 2.45) is 0 Å². The van der Waals surface area contributed by atoms with Gasteiger partial charge in [-0.2, -0.15) is 5.26 Å². The molecule has 0 saturated heterocycles. The van der Waals surface area contributed by atoms with Gasteiger partial charge >= 0.3 is 0 Å². The van der Waals surface area contributed by atoms with Crippen LogP contribution in [0.1, 0.15) is 53.9 Å². The van der Waals surface area contributed by atoms with Gasteiger partial charge in [0.05, 0.1) is 17.1 Å². The van der Waals surface area contributed by atoms with Gasteiger partial charge in [-0.25, -0.2) is 4.98 Å². The minimum Gasteiger partial charge on any atom is -0.488 e. The molecule has 33 heavy (non-hydrogen) atoms. The van der Waals surface area contributed by atoms with Gasteiger partial charge in [0.1, 0.15) is 18.2 Å². The molecular weight excluding hydrogens is 406 g/mol. The molecule has 0 bridgehead atoms. The highest BCUT2D eigenvalue weighted by Crippen LogP contribution is 2.38. The van der Waals surface area contributed by atoms with E-state index >= 15 is 0 Å². The highest BCUT2D eigenvalue weighted by Gasteiger charge is 2.22. The first-order valence-electron chi connectivity index (χ1n) is 11.5. The lowest BCUT2D eigenvalue weighted by Crippen LogP contribution is -2.06. The molecule has 5 rings (SSSR count). The van der Waals surface area contributed by atoms with Crippen molar-refractivity contribution < 1.29 is 4.74 Å². The summed E-state index contributed by atoms with van der Waals surface area (Å²) >= 11 is 0. The summed E-state index contributed by atoms with van der Waals surface area (Å²) in [6.45, 7) is 7.43. The van der Waals surface area contributed by atoms with Gasteiger partial charge in [0.15, 0.2) is 0 Å². The summed E-state index contributed by atoms with van der Waals surface area (Å²) in [6, 6.07) is 23.3. The molecule has 4 aromatic rings. The summed E-state index contributed by atoms with van der Waals surface area (Å²) in [5.74, 6) is 1.95. The average molecular weight is 434 g/mol. The third kappa shape index (κ3) is 3.70. The number of ether oxygens (including phenoxy) is 1. The number of allylic oxidation sites excluding steroid dienone is 1. The lowest BCUT2D eigenvalue weighted by molar-refractivity contribution is 0.307. The van der Waals surface area contributed by atoms with Gasteiger partial charge in [-0.3, -0.25) is 0 Å². The molecule has 0 saturated carbocycles. The molecule has 4 heteroatoms. The number of hydrogen-bond acceptors (Lipinski definition) is 3. The van der Waals surface area contributed by atoms with E-state index in [1.807, 2.05) is 31.2 Å². The molecule has 0 aliphatic carbocycles. The zero-order valence-corrected chi connectivity index (χ0v) is 19.4. The Labute approximate surface area is 194 Å². The van der Waals surface area contributed by atoms with Crippen molar-refractivity contribution in [2.45, 2.75) is 46.8 Å². The standard InChI is InChI=1S/C29H27N3O/c1-4-8-27-31-29-19(2)9-7-11-25(29)32(27)17-21-13-14-23-22(15-21)18-33-26-12-6-5-10-24(26)28(23)20(3)16-30/h5-7,9-15H,4,8,17-18H2,1-3H3/b28-20-. The fourth-order valence-electron chi connectivity index (χ4n) is 4.78. The van der Waals surface area contributed by atoms with Crippen LogP contribution in [0.5, 0.6) is 5.75 Å². The van der Waals surface area contributed by atoms with Crippen molar-refractivity contribution in [3.05, 3.63) is 99.9 Å². The molecule has 2 heterocycles. The number of aryl methyl sites for hydroxylation is 2. The van der Waals surface area contributed by atoms with Crippen molar-refractivity contribution in [2.75, 3.05) is 0 Å².